The average Bonchev–Trinajstić information content (AvgIpc) is 2.80. The number of carbonyl (C=O) groups excluding carboxylic acids is 1. The van der Waals surface area contributed by atoms with Crippen LogP contribution in [0.15, 0.2) is 0 Å². The SMILES string of the molecule is COC(=O)c1c(N)nsc1N1CCC(CN(C)C)CC1. The molecule has 0 aromatic carbocycles. The number of anilines is 2. The summed E-state index contributed by atoms with van der Waals surface area (Å²) in [6.07, 6.45) is 2.24. The number of hydrogen-bond donors (Lipinski definition) is 1. The first-order valence-corrected chi connectivity index (χ1v) is 7.53. The third-order valence-corrected chi connectivity index (χ3v) is 4.54. The predicted molar refractivity (Wildman–Crippen MR) is 81.4 cm³/mol. The van der Waals surface area contributed by atoms with Gasteiger partial charge in [0.05, 0.1) is 7.11 Å². The molecule has 1 saturated heterocycles. The van der Waals surface area contributed by atoms with Crippen molar-refractivity contribution in [2.45, 2.75) is 12.8 Å². The van der Waals surface area contributed by atoms with Crippen LogP contribution in [-0.4, -0.2) is 56.1 Å². The molecule has 1 aliphatic heterocycles. The van der Waals surface area contributed by atoms with Gasteiger partial charge in [-0.2, -0.15) is 4.37 Å². The number of nitrogen functional groups attached to an aromatic ring is 1. The van der Waals surface area contributed by atoms with E-state index in [4.69, 9.17) is 10.5 Å². The highest BCUT2D eigenvalue weighted by molar-refractivity contribution is 7.11. The van der Waals surface area contributed by atoms with Crippen LogP contribution in [0.3, 0.4) is 0 Å². The molecule has 0 saturated carbocycles. The molecular weight excluding hydrogens is 276 g/mol. The first-order chi connectivity index (χ1) is 9.52. The lowest BCUT2D eigenvalue weighted by molar-refractivity contribution is 0.0603. The van der Waals surface area contributed by atoms with E-state index in [9.17, 15) is 4.79 Å². The van der Waals surface area contributed by atoms with E-state index in [1.54, 1.807) is 0 Å². The average molecular weight is 298 g/mol. The summed E-state index contributed by atoms with van der Waals surface area (Å²) in [7, 11) is 5.57. The molecule has 0 atom stereocenters. The van der Waals surface area contributed by atoms with Gasteiger partial charge in [0.15, 0.2) is 5.82 Å². The summed E-state index contributed by atoms with van der Waals surface area (Å²) >= 11 is 1.28. The molecule has 1 aliphatic rings. The molecule has 0 unspecified atom stereocenters. The van der Waals surface area contributed by atoms with Gasteiger partial charge in [0.25, 0.3) is 0 Å². The van der Waals surface area contributed by atoms with E-state index in [1.807, 2.05) is 0 Å². The Bertz CT molecular complexity index is 467. The van der Waals surface area contributed by atoms with Crippen molar-refractivity contribution in [3.05, 3.63) is 5.56 Å². The molecule has 0 spiro atoms. The van der Waals surface area contributed by atoms with Crippen LogP contribution in [0.2, 0.25) is 0 Å². The molecule has 0 aliphatic carbocycles. The normalized spacial score (nSPS) is 16.7. The molecule has 20 heavy (non-hydrogen) atoms. The molecule has 2 N–H and O–H groups in total. The molecule has 1 fully saturated rings. The van der Waals surface area contributed by atoms with Crippen LogP contribution in [-0.2, 0) is 4.74 Å². The Morgan fingerprint density at radius 3 is 2.70 bits per heavy atom. The molecule has 2 heterocycles. The predicted octanol–water partition coefficient (Wildman–Crippen LogP) is 1.29. The second-order valence-electron chi connectivity index (χ2n) is 5.43. The Balaban J connectivity index is 2.06. The minimum absolute atomic E-state index is 0.271. The van der Waals surface area contributed by atoms with Gasteiger partial charge in [-0.1, -0.05) is 0 Å². The second kappa shape index (κ2) is 6.41. The highest BCUT2D eigenvalue weighted by Gasteiger charge is 2.27. The zero-order valence-electron chi connectivity index (χ0n) is 12.3. The van der Waals surface area contributed by atoms with Gasteiger partial charge < -0.3 is 20.3 Å². The van der Waals surface area contributed by atoms with Crippen LogP contribution in [0, 0.1) is 5.92 Å². The van der Waals surface area contributed by atoms with Gasteiger partial charge in [0.1, 0.15) is 10.6 Å². The minimum Gasteiger partial charge on any atom is -0.465 e. The van der Waals surface area contributed by atoms with E-state index in [0.717, 1.165) is 37.5 Å². The zero-order valence-corrected chi connectivity index (χ0v) is 13.1. The van der Waals surface area contributed by atoms with E-state index in [0.29, 0.717) is 11.5 Å². The highest BCUT2D eigenvalue weighted by Crippen LogP contribution is 2.33. The van der Waals surface area contributed by atoms with Crippen LogP contribution in [0.4, 0.5) is 10.8 Å². The Hall–Kier alpha value is -1.34. The van der Waals surface area contributed by atoms with Crippen LogP contribution in [0.25, 0.3) is 0 Å². The van der Waals surface area contributed by atoms with E-state index in [-0.39, 0.29) is 5.82 Å². The first-order valence-electron chi connectivity index (χ1n) is 6.76. The molecule has 0 amide bonds. The number of esters is 1. The topological polar surface area (TPSA) is 71.7 Å². The monoisotopic (exact) mass is 298 g/mol. The molecule has 0 radical (unpaired) electrons. The quantitative estimate of drug-likeness (QED) is 0.845. The van der Waals surface area contributed by atoms with Crippen LogP contribution >= 0.6 is 11.5 Å². The van der Waals surface area contributed by atoms with Gasteiger partial charge >= 0.3 is 5.97 Å². The van der Waals surface area contributed by atoms with Gasteiger partial charge in [0.2, 0.25) is 0 Å². The third-order valence-electron chi connectivity index (χ3n) is 3.62. The number of piperidine rings is 1. The van der Waals surface area contributed by atoms with Crippen molar-refractivity contribution in [1.82, 2.24) is 9.27 Å². The van der Waals surface area contributed by atoms with Crippen LogP contribution < -0.4 is 10.6 Å². The maximum absolute atomic E-state index is 11.8. The Labute approximate surface area is 123 Å². The van der Waals surface area contributed by atoms with Crippen molar-refractivity contribution in [2.75, 3.05) is 51.5 Å². The van der Waals surface area contributed by atoms with Gasteiger partial charge in [-0.3, -0.25) is 0 Å². The Morgan fingerprint density at radius 1 is 1.50 bits per heavy atom. The van der Waals surface area contributed by atoms with E-state index < -0.39 is 5.97 Å². The van der Waals surface area contributed by atoms with Gasteiger partial charge in [-0.05, 0) is 44.4 Å². The first kappa shape index (κ1) is 15.1. The molecule has 112 valence electrons. The lowest BCUT2D eigenvalue weighted by Crippen LogP contribution is -2.37. The lowest BCUT2D eigenvalue weighted by atomic mass is 9.96. The number of nitrogens with zero attached hydrogens (tertiary/aromatic N) is 3. The summed E-state index contributed by atoms with van der Waals surface area (Å²) in [5.41, 5.74) is 6.20. The molecule has 2 rings (SSSR count). The Kier molecular flexibility index (Phi) is 4.82. The van der Waals surface area contributed by atoms with Gasteiger partial charge in [-0.15, -0.1) is 0 Å². The van der Waals surface area contributed by atoms with E-state index in [1.165, 1.54) is 18.6 Å². The molecule has 1 aromatic heterocycles. The van der Waals surface area contributed by atoms with E-state index in [2.05, 4.69) is 28.3 Å². The number of nitrogens with two attached hydrogens (primary N) is 1. The number of hydrogen-bond acceptors (Lipinski definition) is 7. The summed E-state index contributed by atoms with van der Waals surface area (Å²) in [6, 6.07) is 0. The molecular formula is C13H22N4O2S. The fourth-order valence-electron chi connectivity index (χ4n) is 2.64. The van der Waals surface area contributed by atoms with Gasteiger partial charge in [-0.25, -0.2) is 4.79 Å². The Morgan fingerprint density at radius 2 is 2.15 bits per heavy atom. The molecule has 1 aromatic rings. The highest BCUT2D eigenvalue weighted by atomic mass is 32.1. The summed E-state index contributed by atoms with van der Waals surface area (Å²) in [5.74, 6) is 0.585. The number of rotatable bonds is 4. The van der Waals surface area contributed by atoms with Crippen LogP contribution in [0.5, 0.6) is 0 Å². The summed E-state index contributed by atoms with van der Waals surface area (Å²) in [4.78, 5) is 16.2. The molecule has 7 heteroatoms. The molecule has 0 bridgehead atoms. The summed E-state index contributed by atoms with van der Waals surface area (Å²) in [6.45, 7) is 2.98. The standard InChI is InChI=1S/C13H22N4O2S/c1-16(2)8-9-4-6-17(7-5-9)12-10(13(18)19-3)11(14)15-20-12/h9H,4-8H2,1-3H3,(H2,14,15). The van der Waals surface area contributed by atoms with Crippen molar-refractivity contribution in [3.63, 3.8) is 0 Å². The fraction of sp³-hybridized carbons (Fsp3) is 0.692. The smallest absolute Gasteiger partial charge is 0.344 e. The van der Waals surface area contributed by atoms with Crippen molar-refractivity contribution in [2.24, 2.45) is 5.92 Å². The number of carbonyl (C=O) groups is 1. The third kappa shape index (κ3) is 3.21. The van der Waals surface area contributed by atoms with Crippen molar-refractivity contribution in [3.8, 4) is 0 Å². The van der Waals surface area contributed by atoms with Crippen LogP contribution in [0.1, 0.15) is 23.2 Å². The minimum atomic E-state index is -0.401. The maximum Gasteiger partial charge on any atom is 0.344 e. The number of methoxy groups -OCH3 is 1. The van der Waals surface area contributed by atoms with Crippen molar-refractivity contribution in [1.29, 1.82) is 0 Å². The summed E-state index contributed by atoms with van der Waals surface area (Å²) < 4.78 is 8.89. The van der Waals surface area contributed by atoms with Crippen molar-refractivity contribution >= 4 is 28.3 Å². The van der Waals surface area contributed by atoms with E-state index >= 15 is 0 Å². The zero-order chi connectivity index (χ0) is 14.7. The lowest BCUT2D eigenvalue weighted by Gasteiger charge is -2.33. The largest absolute Gasteiger partial charge is 0.465 e. The van der Waals surface area contributed by atoms with Crippen molar-refractivity contribution < 1.29 is 9.53 Å². The number of ether oxygens (including phenoxy) is 1. The molecule has 6 nitrogen and oxygen atoms in total. The number of aromatic nitrogens is 1. The second-order valence-corrected chi connectivity index (χ2v) is 6.18. The fourth-order valence-corrected chi connectivity index (χ4v) is 3.49. The van der Waals surface area contributed by atoms with Gasteiger partial charge in [0, 0.05) is 19.6 Å². The summed E-state index contributed by atoms with van der Waals surface area (Å²) in [5, 5.41) is 0.845. The maximum atomic E-state index is 11.8.